The van der Waals surface area contributed by atoms with Crippen molar-refractivity contribution in [3.63, 3.8) is 0 Å². The van der Waals surface area contributed by atoms with Gasteiger partial charge in [-0.05, 0) is 18.2 Å². The van der Waals surface area contributed by atoms with E-state index in [2.05, 4.69) is 4.98 Å². The van der Waals surface area contributed by atoms with Crippen molar-refractivity contribution >= 4 is 23.3 Å². The van der Waals surface area contributed by atoms with Gasteiger partial charge in [-0.3, -0.25) is 10.1 Å². The fourth-order valence-corrected chi connectivity index (χ4v) is 1.72. The molecular weight excluding hydrogens is 307 g/mol. The Bertz CT molecular complexity index is 738. The zero-order chi connectivity index (χ0) is 15.6. The molecule has 0 fully saturated rings. The summed E-state index contributed by atoms with van der Waals surface area (Å²) in [6, 6.07) is 3.80. The van der Waals surface area contributed by atoms with E-state index in [4.69, 9.17) is 21.4 Å². The Morgan fingerprint density at radius 3 is 2.76 bits per heavy atom. The van der Waals surface area contributed by atoms with Crippen molar-refractivity contribution in [2.45, 2.75) is 0 Å². The smallest absolute Gasteiger partial charge is 0.337 e. The highest BCUT2D eigenvalue weighted by Crippen LogP contribution is 2.35. The first-order chi connectivity index (χ1) is 9.90. The number of ether oxygens (including phenoxy) is 1. The number of carboxylic acid groups (broad SMARTS) is 1. The van der Waals surface area contributed by atoms with Crippen LogP contribution >= 0.6 is 11.6 Å². The number of hydrogen-bond acceptors (Lipinski definition) is 5. The van der Waals surface area contributed by atoms with Crippen LogP contribution in [0.15, 0.2) is 30.5 Å². The number of benzene rings is 1. The lowest BCUT2D eigenvalue weighted by Crippen LogP contribution is -2.01. The quantitative estimate of drug-likeness (QED) is 0.686. The van der Waals surface area contributed by atoms with Gasteiger partial charge < -0.3 is 9.84 Å². The summed E-state index contributed by atoms with van der Waals surface area (Å²) in [5.41, 5.74) is -0.903. The normalized spacial score (nSPS) is 10.2. The van der Waals surface area contributed by atoms with Gasteiger partial charge in [0.05, 0.1) is 16.6 Å². The second-order valence-electron chi connectivity index (χ2n) is 3.75. The van der Waals surface area contributed by atoms with Crippen molar-refractivity contribution in [1.82, 2.24) is 4.98 Å². The number of rotatable bonds is 4. The maximum Gasteiger partial charge on any atom is 0.337 e. The lowest BCUT2D eigenvalue weighted by molar-refractivity contribution is -0.385. The van der Waals surface area contributed by atoms with Crippen LogP contribution in [0.25, 0.3) is 0 Å². The molecule has 0 saturated carbocycles. The number of nitro groups is 1. The van der Waals surface area contributed by atoms with Gasteiger partial charge in [0.15, 0.2) is 0 Å². The highest BCUT2D eigenvalue weighted by atomic mass is 35.5. The summed E-state index contributed by atoms with van der Waals surface area (Å²) in [5, 5.41) is 19.4. The summed E-state index contributed by atoms with van der Waals surface area (Å²) >= 11 is 5.80. The van der Waals surface area contributed by atoms with Crippen LogP contribution in [-0.2, 0) is 0 Å². The van der Waals surface area contributed by atoms with E-state index >= 15 is 0 Å². The van der Waals surface area contributed by atoms with Gasteiger partial charge >= 0.3 is 11.7 Å². The first kappa shape index (κ1) is 14.7. The highest BCUT2D eigenvalue weighted by molar-refractivity contribution is 6.34. The number of aromatic carboxylic acids is 1. The minimum absolute atomic E-state index is 0.272. The molecule has 7 nitrogen and oxygen atoms in total. The topological polar surface area (TPSA) is 103 Å². The molecular formula is C12H6ClFN2O5. The van der Waals surface area contributed by atoms with E-state index in [-0.39, 0.29) is 22.2 Å². The molecule has 0 amide bonds. The van der Waals surface area contributed by atoms with Crippen molar-refractivity contribution < 1.29 is 24.0 Å². The van der Waals surface area contributed by atoms with Gasteiger partial charge in [0.25, 0.3) is 0 Å². The lowest BCUT2D eigenvalue weighted by atomic mass is 10.2. The van der Waals surface area contributed by atoms with E-state index in [0.717, 1.165) is 24.4 Å². The minimum Gasteiger partial charge on any atom is -0.478 e. The summed E-state index contributed by atoms with van der Waals surface area (Å²) < 4.78 is 18.1. The van der Waals surface area contributed by atoms with E-state index in [1.807, 2.05) is 0 Å². The van der Waals surface area contributed by atoms with Crippen molar-refractivity contribution in [1.29, 1.82) is 0 Å². The molecule has 21 heavy (non-hydrogen) atoms. The summed E-state index contributed by atoms with van der Waals surface area (Å²) in [6.07, 6.45) is 1.13. The van der Waals surface area contributed by atoms with Crippen LogP contribution in [0.2, 0.25) is 5.02 Å². The van der Waals surface area contributed by atoms with E-state index < -0.39 is 22.4 Å². The molecule has 0 radical (unpaired) electrons. The predicted octanol–water partition coefficient (Wildman–Crippen LogP) is 3.27. The maximum atomic E-state index is 13.0. The Morgan fingerprint density at radius 2 is 2.14 bits per heavy atom. The zero-order valence-electron chi connectivity index (χ0n) is 10.1. The molecule has 0 saturated heterocycles. The lowest BCUT2D eigenvalue weighted by Gasteiger charge is -2.08. The average molecular weight is 313 g/mol. The van der Waals surface area contributed by atoms with Crippen LogP contribution in [0.4, 0.5) is 10.1 Å². The summed E-state index contributed by atoms with van der Waals surface area (Å²) in [5.74, 6) is -2.75. The monoisotopic (exact) mass is 312 g/mol. The van der Waals surface area contributed by atoms with Gasteiger partial charge in [-0.15, -0.1) is 0 Å². The molecule has 9 heteroatoms. The zero-order valence-corrected chi connectivity index (χ0v) is 10.9. The molecule has 1 N–H and O–H groups in total. The van der Waals surface area contributed by atoms with Gasteiger partial charge in [-0.1, -0.05) is 11.6 Å². The number of pyridine rings is 1. The molecule has 1 aromatic heterocycles. The molecule has 0 unspecified atom stereocenters. The van der Waals surface area contributed by atoms with Crippen LogP contribution in [-0.4, -0.2) is 21.0 Å². The predicted molar refractivity (Wildman–Crippen MR) is 69.3 cm³/mol. The Kier molecular flexibility index (Phi) is 3.99. The number of aromatic nitrogens is 1. The Morgan fingerprint density at radius 1 is 1.43 bits per heavy atom. The SMILES string of the molecule is O=C(O)c1ccnc(Oc2ccc(F)cc2[N+](=O)[O-])c1Cl. The minimum atomic E-state index is -1.30. The van der Waals surface area contributed by atoms with E-state index in [9.17, 15) is 19.3 Å². The third-order valence-corrected chi connectivity index (χ3v) is 2.78. The highest BCUT2D eigenvalue weighted by Gasteiger charge is 2.20. The van der Waals surface area contributed by atoms with Crippen LogP contribution < -0.4 is 4.74 Å². The largest absolute Gasteiger partial charge is 0.478 e. The first-order valence-electron chi connectivity index (χ1n) is 5.39. The second-order valence-corrected chi connectivity index (χ2v) is 4.13. The van der Waals surface area contributed by atoms with E-state index in [1.54, 1.807) is 0 Å². The van der Waals surface area contributed by atoms with Crippen LogP contribution in [0.3, 0.4) is 0 Å². The Labute approximate surface area is 121 Å². The molecule has 1 aromatic carbocycles. The maximum absolute atomic E-state index is 13.0. The first-order valence-corrected chi connectivity index (χ1v) is 5.77. The fourth-order valence-electron chi connectivity index (χ4n) is 1.48. The van der Waals surface area contributed by atoms with Crippen molar-refractivity contribution in [2.24, 2.45) is 0 Å². The number of carbonyl (C=O) groups is 1. The van der Waals surface area contributed by atoms with Crippen molar-refractivity contribution in [3.8, 4) is 11.6 Å². The molecule has 108 valence electrons. The van der Waals surface area contributed by atoms with Gasteiger partial charge in [-0.2, -0.15) is 0 Å². The molecule has 0 aliphatic heterocycles. The molecule has 0 spiro atoms. The summed E-state index contributed by atoms with van der Waals surface area (Å²) in [6.45, 7) is 0. The van der Waals surface area contributed by atoms with E-state index in [1.165, 1.54) is 0 Å². The van der Waals surface area contributed by atoms with Gasteiger partial charge in [-0.25, -0.2) is 14.2 Å². The van der Waals surface area contributed by atoms with Crippen molar-refractivity contribution in [2.75, 3.05) is 0 Å². The molecule has 0 bridgehead atoms. The summed E-state index contributed by atoms with van der Waals surface area (Å²) in [7, 11) is 0. The van der Waals surface area contributed by atoms with Crippen LogP contribution in [0.5, 0.6) is 11.6 Å². The molecule has 2 rings (SSSR count). The number of nitro benzene ring substituents is 1. The third kappa shape index (κ3) is 3.06. The second kappa shape index (κ2) is 5.71. The van der Waals surface area contributed by atoms with Gasteiger partial charge in [0.2, 0.25) is 11.6 Å². The van der Waals surface area contributed by atoms with Crippen LogP contribution in [0, 0.1) is 15.9 Å². The third-order valence-electron chi connectivity index (χ3n) is 2.41. The number of hydrogen-bond donors (Lipinski definition) is 1. The Hall–Kier alpha value is -2.74. The van der Waals surface area contributed by atoms with Gasteiger partial charge in [0.1, 0.15) is 10.8 Å². The fraction of sp³-hybridized carbons (Fsp3) is 0. The standard InChI is InChI=1S/C12H6ClFN2O5/c13-10-7(12(17)18)3-4-15-11(10)21-9-2-1-6(14)5-8(9)16(19)20/h1-5H,(H,17,18). The molecule has 1 heterocycles. The average Bonchev–Trinajstić information content (AvgIpc) is 2.42. The van der Waals surface area contributed by atoms with Crippen molar-refractivity contribution in [3.05, 3.63) is 57.0 Å². The summed E-state index contributed by atoms with van der Waals surface area (Å²) in [4.78, 5) is 24.6. The molecule has 2 aromatic rings. The Balaban J connectivity index is 2.46. The molecule has 0 atom stereocenters. The molecule has 0 aliphatic rings. The number of carboxylic acids is 1. The van der Waals surface area contributed by atoms with Crippen LogP contribution in [0.1, 0.15) is 10.4 Å². The molecule has 0 aliphatic carbocycles. The van der Waals surface area contributed by atoms with Gasteiger partial charge in [0, 0.05) is 6.20 Å². The number of nitrogens with zero attached hydrogens (tertiary/aromatic N) is 2. The van der Waals surface area contributed by atoms with E-state index in [0.29, 0.717) is 6.07 Å². The number of halogens is 2.